The maximum Gasteiger partial charge on any atom is 0.254 e. The van der Waals surface area contributed by atoms with Crippen molar-refractivity contribution in [2.24, 2.45) is 5.92 Å². The highest BCUT2D eigenvalue weighted by Crippen LogP contribution is 2.27. The summed E-state index contributed by atoms with van der Waals surface area (Å²) >= 11 is 0. The topological polar surface area (TPSA) is 32.8 Å². The molecular formula is C25H32N2O2. The SMILES string of the molecule is CC1CN(CC2CCN(C(=O)c3ccccc3-c3ccccc3)CC2)CC(C)O1. The van der Waals surface area contributed by atoms with E-state index in [1.54, 1.807) is 0 Å². The van der Waals surface area contributed by atoms with Gasteiger partial charge >= 0.3 is 0 Å². The summed E-state index contributed by atoms with van der Waals surface area (Å²) in [6, 6.07) is 18.2. The molecule has 0 aromatic heterocycles. The third-order valence-corrected chi connectivity index (χ3v) is 6.16. The number of morpholine rings is 1. The van der Waals surface area contributed by atoms with Crippen LogP contribution in [-0.2, 0) is 4.74 Å². The second-order valence-corrected chi connectivity index (χ2v) is 8.62. The molecule has 0 N–H and O–H groups in total. The van der Waals surface area contributed by atoms with E-state index in [-0.39, 0.29) is 5.91 Å². The molecule has 4 rings (SSSR count). The van der Waals surface area contributed by atoms with E-state index in [1.165, 1.54) is 0 Å². The van der Waals surface area contributed by atoms with Crippen LogP contribution in [0.3, 0.4) is 0 Å². The molecule has 0 aliphatic carbocycles. The van der Waals surface area contributed by atoms with Gasteiger partial charge in [0.2, 0.25) is 0 Å². The highest BCUT2D eigenvalue weighted by Gasteiger charge is 2.28. The minimum atomic E-state index is 0.163. The van der Waals surface area contributed by atoms with Gasteiger partial charge in [-0.3, -0.25) is 9.69 Å². The quantitative estimate of drug-likeness (QED) is 0.777. The Balaban J connectivity index is 1.38. The number of likely N-dealkylation sites (tertiary alicyclic amines) is 1. The number of piperidine rings is 1. The molecule has 1 amide bonds. The van der Waals surface area contributed by atoms with Crippen LogP contribution in [0.5, 0.6) is 0 Å². The first-order chi connectivity index (χ1) is 14.1. The van der Waals surface area contributed by atoms with Crippen LogP contribution in [0.4, 0.5) is 0 Å². The number of hydrogen-bond donors (Lipinski definition) is 0. The molecule has 2 fully saturated rings. The second kappa shape index (κ2) is 9.10. The molecule has 0 bridgehead atoms. The van der Waals surface area contributed by atoms with Crippen molar-refractivity contribution in [3.05, 3.63) is 60.2 Å². The van der Waals surface area contributed by atoms with E-state index in [9.17, 15) is 4.79 Å². The normalized spacial score (nSPS) is 23.9. The summed E-state index contributed by atoms with van der Waals surface area (Å²) in [5.41, 5.74) is 2.94. The molecule has 2 heterocycles. The molecule has 0 spiro atoms. The standard InChI is InChI=1S/C25H32N2O2/c1-19-16-26(17-20(2)29-19)18-21-12-14-27(15-13-21)25(28)24-11-7-6-10-23(24)22-8-4-3-5-9-22/h3-11,19-21H,12-18H2,1-2H3. The van der Waals surface area contributed by atoms with Gasteiger partial charge in [-0.05, 0) is 49.8 Å². The average molecular weight is 393 g/mol. The van der Waals surface area contributed by atoms with Gasteiger partial charge < -0.3 is 9.64 Å². The van der Waals surface area contributed by atoms with Crippen molar-refractivity contribution in [3.8, 4) is 11.1 Å². The number of hydrogen-bond acceptors (Lipinski definition) is 3. The maximum absolute atomic E-state index is 13.3. The lowest BCUT2D eigenvalue weighted by Crippen LogP contribution is -2.48. The summed E-state index contributed by atoms with van der Waals surface area (Å²) in [5, 5.41) is 0. The van der Waals surface area contributed by atoms with Crippen LogP contribution in [0, 0.1) is 5.92 Å². The van der Waals surface area contributed by atoms with Gasteiger partial charge in [0.1, 0.15) is 0 Å². The van der Waals surface area contributed by atoms with E-state index in [1.807, 2.05) is 41.3 Å². The molecule has 2 atom stereocenters. The van der Waals surface area contributed by atoms with Crippen LogP contribution in [0.1, 0.15) is 37.0 Å². The van der Waals surface area contributed by atoms with Gasteiger partial charge in [-0.15, -0.1) is 0 Å². The van der Waals surface area contributed by atoms with Crippen LogP contribution >= 0.6 is 0 Å². The number of ether oxygens (including phenoxy) is 1. The Morgan fingerprint density at radius 3 is 2.24 bits per heavy atom. The summed E-state index contributed by atoms with van der Waals surface area (Å²) in [6.45, 7) is 9.19. The summed E-state index contributed by atoms with van der Waals surface area (Å²) in [7, 11) is 0. The first-order valence-corrected chi connectivity index (χ1v) is 10.9. The number of rotatable bonds is 4. The smallest absolute Gasteiger partial charge is 0.254 e. The van der Waals surface area contributed by atoms with E-state index in [0.717, 1.165) is 62.3 Å². The first kappa shape index (κ1) is 20.1. The van der Waals surface area contributed by atoms with Crippen molar-refractivity contribution in [2.45, 2.75) is 38.9 Å². The molecule has 4 nitrogen and oxygen atoms in total. The number of benzene rings is 2. The van der Waals surface area contributed by atoms with Gasteiger partial charge in [0.15, 0.2) is 0 Å². The molecule has 2 unspecified atom stereocenters. The maximum atomic E-state index is 13.3. The Morgan fingerprint density at radius 1 is 0.931 bits per heavy atom. The second-order valence-electron chi connectivity index (χ2n) is 8.62. The Kier molecular flexibility index (Phi) is 6.31. The fourth-order valence-electron chi connectivity index (χ4n) is 4.83. The number of nitrogens with zero attached hydrogens (tertiary/aromatic N) is 2. The third kappa shape index (κ3) is 4.88. The predicted molar refractivity (Wildman–Crippen MR) is 117 cm³/mol. The molecule has 2 aliphatic rings. The lowest BCUT2D eigenvalue weighted by atomic mass is 9.94. The Hall–Kier alpha value is -2.17. The largest absolute Gasteiger partial charge is 0.373 e. The van der Waals surface area contributed by atoms with Crippen LogP contribution in [0.15, 0.2) is 54.6 Å². The molecule has 4 heteroatoms. The summed E-state index contributed by atoms with van der Waals surface area (Å²) < 4.78 is 5.86. The minimum Gasteiger partial charge on any atom is -0.373 e. The van der Waals surface area contributed by atoms with Gasteiger partial charge in [0.25, 0.3) is 5.91 Å². The average Bonchev–Trinajstić information content (AvgIpc) is 2.74. The molecule has 2 aliphatic heterocycles. The van der Waals surface area contributed by atoms with Crippen molar-refractivity contribution in [2.75, 3.05) is 32.7 Å². The first-order valence-electron chi connectivity index (χ1n) is 10.9. The zero-order valence-electron chi connectivity index (χ0n) is 17.6. The van der Waals surface area contributed by atoms with Crippen molar-refractivity contribution in [3.63, 3.8) is 0 Å². The fraction of sp³-hybridized carbons (Fsp3) is 0.480. The van der Waals surface area contributed by atoms with Crippen molar-refractivity contribution in [1.29, 1.82) is 0 Å². The van der Waals surface area contributed by atoms with E-state index >= 15 is 0 Å². The molecule has 2 aromatic carbocycles. The van der Waals surface area contributed by atoms with Gasteiger partial charge in [-0.25, -0.2) is 0 Å². The molecular weight excluding hydrogens is 360 g/mol. The molecule has 0 saturated carbocycles. The Labute approximate surface area is 174 Å². The third-order valence-electron chi connectivity index (χ3n) is 6.16. The highest BCUT2D eigenvalue weighted by molar-refractivity contribution is 6.00. The number of carbonyl (C=O) groups excluding carboxylic acids is 1. The molecule has 0 radical (unpaired) electrons. The monoisotopic (exact) mass is 392 g/mol. The Morgan fingerprint density at radius 2 is 1.55 bits per heavy atom. The highest BCUT2D eigenvalue weighted by atomic mass is 16.5. The van der Waals surface area contributed by atoms with Gasteiger partial charge in [-0.1, -0.05) is 48.5 Å². The lowest BCUT2D eigenvalue weighted by molar-refractivity contribution is -0.0728. The van der Waals surface area contributed by atoms with Crippen LogP contribution in [0.25, 0.3) is 11.1 Å². The van der Waals surface area contributed by atoms with Crippen LogP contribution in [-0.4, -0.2) is 60.6 Å². The zero-order chi connectivity index (χ0) is 20.2. The molecule has 154 valence electrons. The number of carbonyl (C=O) groups is 1. The van der Waals surface area contributed by atoms with Crippen LogP contribution < -0.4 is 0 Å². The number of amides is 1. The summed E-state index contributed by atoms with van der Waals surface area (Å²) in [4.78, 5) is 17.9. The summed E-state index contributed by atoms with van der Waals surface area (Å²) in [6.07, 6.45) is 2.79. The summed E-state index contributed by atoms with van der Waals surface area (Å²) in [5.74, 6) is 0.831. The predicted octanol–water partition coefficient (Wildman–Crippen LogP) is 4.32. The van der Waals surface area contributed by atoms with Crippen molar-refractivity contribution in [1.82, 2.24) is 9.80 Å². The van der Waals surface area contributed by atoms with E-state index < -0.39 is 0 Å². The van der Waals surface area contributed by atoms with Gasteiger partial charge in [-0.2, -0.15) is 0 Å². The van der Waals surface area contributed by atoms with E-state index in [2.05, 4.69) is 36.9 Å². The minimum absolute atomic E-state index is 0.163. The fourth-order valence-corrected chi connectivity index (χ4v) is 4.83. The van der Waals surface area contributed by atoms with E-state index in [4.69, 9.17) is 4.74 Å². The van der Waals surface area contributed by atoms with Gasteiger partial charge in [0, 0.05) is 38.3 Å². The molecule has 2 saturated heterocycles. The van der Waals surface area contributed by atoms with Crippen LogP contribution in [0.2, 0.25) is 0 Å². The van der Waals surface area contributed by atoms with Gasteiger partial charge in [0.05, 0.1) is 12.2 Å². The van der Waals surface area contributed by atoms with Crippen molar-refractivity contribution < 1.29 is 9.53 Å². The molecule has 2 aromatic rings. The zero-order valence-corrected chi connectivity index (χ0v) is 17.6. The van der Waals surface area contributed by atoms with E-state index in [0.29, 0.717) is 18.1 Å². The van der Waals surface area contributed by atoms with Crippen molar-refractivity contribution >= 4 is 5.91 Å². The Bertz CT molecular complexity index is 805. The lowest BCUT2D eigenvalue weighted by Gasteiger charge is -2.39. The molecule has 29 heavy (non-hydrogen) atoms.